The average Bonchev–Trinajstić information content (AvgIpc) is 2.46. The first-order valence-electron chi connectivity index (χ1n) is 5.93. The number of esters is 1. The van der Waals surface area contributed by atoms with Gasteiger partial charge < -0.3 is 9.84 Å². The van der Waals surface area contributed by atoms with E-state index in [-0.39, 0.29) is 11.3 Å². The molecule has 100 valence electrons. The maximum atomic E-state index is 11.5. The molecule has 1 rings (SSSR count). The largest absolute Gasteiger partial charge is 0.507 e. The minimum absolute atomic E-state index is 0.0385. The molecule has 0 aliphatic rings. The smallest absolute Gasteiger partial charge is 0.343 e. The van der Waals surface area contributed by atoms with E-state index in [0.29, 0.717) is 6.54 Å². The van der Waals surface area contributed by atoms with E-state index in [0.717, 1.165) is 5.56 Å². The van der Waals surface area contributed by atoms with Gasteiger partial charge in [-0.25, -0.2) is 4.79 Å². The summed E-state index contributed by atoms with van der Waals surface area (Å²) >= 11 is 0. The normalized spacial score (nSPS) is 12.7. The first-order valence-corrected chi connectivity index (χ1v) is 5.93. The summed E-state index contributed by atoms with van der Waals surface area (Å²) < 4.78 is 4.60. The van der Waals surface area contributed by atoms with Gasteiger partial charge in [0.25, 0.3) is 0 Å². The van der Waals surface area contributed by atoms with Gasteiger partial charge in [0.05, 0.1) is 7.11 Å². The first kappa shape index (κ1) is 14.7. The van der Waals surface area contributed by atoms with Gasteiger partial charge in [-0.2, -0.15) is 0 Å². The van der Waals surface area contributed by atoms with Crippen molar-refractivity contribution < 1.29 is 14.6 Å². The highest BCUT2D eigenvalue weighted by Crippen LogP contribution is 2.08. The number of nitrogens with zero attached hydrogens (tertiary/aromatic N) is 1. The minimum Gasteiger partial charge on any atom is -0.507 e. The van der Waals surface area contributed by atoms with E-state index in [1.807, 2.05) is 37.3 Å². The fourth-order valence-electron chi connectivity index (χ4n) is 1.35. The maximum Gasteiger partial charge on any atom is 0.343 e. The zero-order valence-corrected chi connectivity index (χ0v) is 11.0. The number of hydrogen-bond donors (Lipinski definition) is 1. The number of methoxy groups -OCH3 is 1. The van der Waals surface area contributed by atoms with E-state index in [2.05, 4.69) is 9.73 Å². The summed E-state index contributed by atoms with van der Waals surface area (Å²) in [5, 5.41) is 9.90. The van der Waals surface area contributed by atoms with Crippen molar-refractivity contribution >= 4 is 18.3 Å². The molecule has 4 heteroatoms. The Labute approximate surface area is 112 Å². The number of allylic oxidation sites excluding steroid dienone is 1. The van der Waals surface area contributed by atoms with Crippen LogP contribution in [0.25, 0.3) is 6.08 Å². The summed E-state index contributed by atoms with van der Waals surface area (Å²) in [5.74, 6) is -0.791. The summed E-state index contributed by atoms with van der Waals surface area (Å²) in [6.07, 6.45) is 4.47. The third kappa shape index (κ3) is 4.79. The van der Waals surface area contributed by atoms with E-state index in [1.165, 1.54) is 19.4 Å². The predicted octanol–water partition coefficient (Wildman–Crippen LogP) is 2.78. The minimum atomic E-state index is -0.618. The zero-order valence-electron chi connectivity index (χ0n) is 11.0. The van der Waals surface area contributed by atoms with Gasteiger partial charge in [0, 0.05) is 12.8 Å². The average molecular weight is 259 g/mol. The molecule has 0 saturated carbocycles. The Bertz CT molecular complexity index is 501. The van der Waals surface area contributed by atoms with Crippen LogP contribution in [0.1, 0.15) is 12.5 Å². The second kappa shape index (κ2) is 7.87. The van der Waals surface area contributed by atoms with Crippen LogP contribution >= 0.6 is 0 Å². The van der Waals surface area contributed by atoms with Crippen LogP contribution in [-0.4, -0.2) is 30.9 Å². The van der Waals surface area contributed by atoms with E-state index < -0.39 is 5.97 Å². The molecule has 0 spiro atoms. The van der Waals surface area contributed by atoms with Gasteiger partial charge in [-0.1, -0.05) is 36.4 Å². The lowest BCUT2D eigenvalue weighted by Gasteiger charge is -2.01. The Hall–Kier alpha value is -2.36. The zero-order chi connectivity index (χ0) is 14.1. The van der Waals surface area contributed by atoms with Gasteiger partial charge in [0.15, 0.2) is 0 Å². The highest BCUT2D eigenvalue weighted by atomic mass is 16.5. The maximum absolute atomic E-state index is 11.5. The number of rotatable bonds is 5. The predicted molar refractivity (Wildman–Crippen MR) is 76.2 cm³/mol. The third-order valence-electron chi connectivity index (χ3n) is 2.32. The van der Waals surface area contributed by atoms with Crippen LogP contribution in [0.4, 0.5) is 0 Å². The Morgan fingerprint density at radius 2 is 2.05 bits per heavy atom. The number of aliphatic imine (C=N–C) groups is 1. The molecular weight excluding hydrogens is 242 g/mol. The molecule has 0 aliphatic heterocycles. The summed E-state index contributed by atoms with van der Waals surface area (Å²) in [6, 6.07) is 9.46. The van der Waals surface area contributed by atoms with E-state index in [4.69, 9.17) is 0 Å². The number of benzene rings is 1. The molecule has 1 aromatic carbocycles. The molecule has 0 heterocycles. The van der Waals surface area contributed by atoms with Crippen molar-refractivity contribution in [2.45, 2.75) is 6.92 Å². The molecule has 19 heavy (non-hydrogen) atoms. The molecule has 0 unspecified atom stereocenters. The molecule has 0 fully saturated rings. The number of aliphatic hydroxyl groups excluding tert-OH is 1. The van der Waals surface area contributed by atoms with Gasteiger partial charge >= 0.3 is 5.97 Å². The Balaban J connectivity index is 2.99. The second-order valence-electron chi connectivity index (χ2n) is 3.66. The van der Waals surface area contributed by atoms with Crippen molar-refractivity contribution in [3.8, 4) is 0 Å². The quantitative estimate of drug-likeness (QED) is 0.291. The van der Waals surface area contributed by atoms with Crippen LogP contribution in [0.15, 0.2) is 52.7 Å². The standard InChI is InChI=1S/C15H17NO3/c1-3-16-11-13(15(18)19-2)14(17)10-9-12-7-5-4-6-8-12/h4-11,17H,3H2,1-2H3/b10-9?,14-13+,16-11?. The molecule has 0 amide bonds. The van der Waals surface area contributed by atoms with Crippen molar-refractivity contribution in [3.63, 3.8) is 0 Å². The Morgan fingerprint density at radius 3 is 2.63 bits per heavy atom. The Kier molecular flexibility index (Phi) is 6.09. The lowest BCUT2D eigenvalue weighted by atomic mass is 10.1. The van der Waals surface area contributed by atoms with E-state index in [1.54, 1.807) is 6.08 Å². The molecule has 0 aromatic heterocycles. The monoisotopic (exact) mass is 259 g/mol. The van der Waals surface area contributed by atoms with Gasteiger partial charge in [-0.15, -0.1) is 0 Å². The lowest BCUT2D eigenvalue weighted by molar-refractivity contribution is -0.135. The van der Waals surface area contributed by atoms with E-state index in [9.17, 15) is 9.90 Å². The van der Waals surface area contributed by atoms with Crippen LogP contribution in [-0.2, 0) is 9.53 Å². The molecule has 0 aliphatic carbocycles. The van der Waals surface area contributed by atoms with E-state index >= 15 is 0 Å². The molecule has 1 N–H and O–H groups in total. The van der Waals surface area contributed by atoms with Gasteiger partial charge in [0.2, 0.25) is 0 Å². The topological polar surface area (TPSA) is 58.9 Å². The van der Waals surface area contributed by atoms with Crippen molar-refractivity contribution in [1.82, 2.24) is 0 Å². The van der Waals surface area contributed by atoms with Crippen LogP contribution in [0.3, 0.4) is 0 Å². The fraction of sp³-hybridized carbons (Fsp3) is 0.200. The molecule has 0 radical (unpaired) electrons. The van der Waals surface area contributed by atoms with Gasteiger partial charge in [-0.3, -0.25) is 4.99 Å². The summed E-state index contributed by atoms with van der Waals surface area (Å²) in [7, 11) is 1.26. The van der Waals surface area contributed by atoms with Gasteiger partial charge in [0.1, 0.15) is 11.3 Å². The van der Waals surface area contributed by atoms with Crippen LogP contribution in [0, 0.1) is 0 Å². The lowest BCUT2D eigenvalue weighted by Crippen LogP contribution is -2.08. The van der Waals surface area contributed by atoms with Crippen molar-refractivity contribution in [2.24, 2.45) is 4.99 Å². The SMILES string of the molecule is CCN=C/C(C(=O)OC)=C(\O)C=Cc1ccccc1. The summed E-state index contributed by atoms with van der Waals surface area (Å²) in [5.41, 5.74) is 0.960. The fourth-order valence-corrected chi connectivity index (χ4v) is 1.35. The van der Waals surface area contributed by atoms with Crippen LogP contribution in [0.2, 0.25) is 0 Å². The number of hydrogen-bond acceptors (Lipinski definition) is 4. The Morgan fingerprint density at radius 1 is 1.37 bits per heavy atom. The third-order valence-corrected chi connectivity index (χ3v) is 2.32. The highest BCUT2D eigenvalue weighted by Gasteiger charge is 2.11. The van der Waals surface area contributed by atoms with Crippen LogP contribution < -0.4 is 0 Å². The molecule has 0 bridgehead atoms. The molecule has 1 aromatic rings. The molecule has 4 nitrogen and oxygen atoms in total. The molecule has 0 saturated heterocycles. The molecular formula is C15H17NO3. The number of carbonyl (C=O) groups is 1. The van der Waals surface area contributed by atoms with Crippen molar-refractivity contribution in [1.29, 1.82) is 0 Å². The van der Waals surface area contributed by atoms with Crippen LogP contribution in [0.5, 0.6) is 0 Å². The first-order chi connectivity index (χ1) is 9.19. The van der Waals surface area contributed by atoms with Crippen molar-refractivity contribution in [2.75, 3.05) is 13.7 Å². The summed E-state index contributed by atoms with van der Waals surface area (Å²) in [4.78, 5) is 15.4. The second-order valence-corrected chi connectivity index (χ2v) is 3.66. The highest BCUT2D eigenvalue weighted by molar-refractivity contribution is 6.10. The molecule has 0 atom stereocenters. The van der Waals surface area contributed by atoms with Gasteiger partial charge in [-0.05, 0) is 18.6 Å². The van der Waals surface area contributed by atoms with Crippen molar-refractivity contribution in [3.05, 3.63) is 53.3 Å². The summed E-state index contributed by atoms with van der Waals surface area (Å²) in [6.45, 7) is 2.36. The number of carbonyl (C=O) groups excluding carboxylic acids is 1. The number of ether oxygens (including phenoxy) is 1. The number of aliphatic hydroxyl groups is 1.